The van der Waals surface area contributed by atoms with Gasteiger partial charge in [0.1, 0.15) is 12.2 Å². The summed E-state index contributed by atoms with van der Waals surface area (Å²) < 4.78 is 13.0. The van der Waals surface area contributed by atoms with Crippen LogP contribution in [0.25, 0.3) is 6.08 Å². The molecule has 3 aromatic carbocycles. The lowest BCUT2D eigenvalue weighted by atomic mass is 10.1. The van der Waals surface area contributed by atoms with Crippen molar-refractivity contribution in [2.24, 2.45) is 0 Å². The monoisotopic (exact) mass is 642 g/mol. The Balaban J connectivity index is 1.62. The Hall–Kier alpha value is -3.96. The maximum atomic E-state index is 13.2. The number of carbonyl (C=O) groups is 4. The van der Waals surface area contributed by atoms with Crippen molar-refractivity contribution in [2.45, 2.75) is 13.5 Å². The van der Waals surface area contributed by atoms with E-state index in [1.165, 1.54) is 18.2 Å². The molecule has 0 bridgehead atoms. The van der Waals surface area contributed by atoms with Crippen molar-refractivity contribution in [3.8, 4) is 11.5 Å². The van der Waals surface area contributed by atoms with E-state index in [0.717, 1.165) is 14.9 Å². The average Bonchev–Trinajstić information content (AvgIpc) is 2.87. The summed E-state index contributed by atoms with van der Waals surface area (Å²) in [6.45, 7) is 2.26. The molecule has 0 radical (unpaired) electrons. The van der Waals surface area contributed by atoms with Gasteiger partial charge in [-0.1, -0.05) is 28.1 Å². The maximum absolute atomic E-state index is 13.2. The van der Waals surface area contributed by atoms with E-state index >= 15 is 0 Å². The third-order valence-corrected chi connectivity index (χ3v) is 6.53. The Kier molecular flexibility index (Phi) is 8.28. The fraction of sp³-hybridized carbons (Fsp3) is 0.111. The molecular formula is C27H20Br2N2O7. The van der Waals surface area contributed by atoms with Crippen LogP contribution in [0.4, 0.5) is 10.5 Å². The van der Waals surface area contributed by atoms with Gasteiger partial charge in [0.05, 0.1) is 22.3 Å². The zero-order valence-corrected chi connectivity index (χ0v) is 23.0. The molecule has 1 aliphatic heterocycles. The van der Waals surface area contributed by atoms with Gasteiger partial charge in [0.15, 0.2) is 11.5 Å². The van der Waals surface area contributed by atoms with Gasteiger partial charge in [-0.25, -0.2) is 14.5 Å². The lowest BCUT2D eigenvalue weighted by molar-refractivity contribution is -0.122. The van der Waals surface area contributed by atoms with Gasteiger partial charge in [0.25, 0.3) is 11.8 Å². The fourth-order valence-electron chi connectivity index (χ4n) is 3.62. The van der Waals surface area contributed by atoms with Gasteiger partial charge >= 0.3 is 12.0 Å². The number of imide groups is 2. The minimum atomic E-state index is -1.02. The highest BCUT2D eigenvalue weighted by Crippen LogP contribution is 2.38. The van der Waals surface area contributed by atoms with Crippen LogP contribution >= 0.6 is 31.9 Å². The number of carboxylic acid groups (broad SMARTS) is 1. The van der Waals surface area contributed by atoms with Crippen LogP contribution in [0.15, 0.2) is 75.2 Å². The Morgan fingerprint density at radius 2 is 1.68 bits per heavy atom. The van der Waals surface area contributed by atoms with Crippen molar-refractivity contribution >= 4 is 67.4 Å². The van der Waals surface area contributed by atoms with E-state index in [0.29, 0.717) is 33.8 Å². The van der Waals surface area contributed by atoms with E-state index in [4.69, 9.17) is 14.6 Å². The van der Waals surface area contributed by atoms with Crippen molar-refractivity contribution in [3.05, 3.63) is 91.9 Å². The summed E-state index contributed by atoms with van der Waals surface area (Å²) in [6, 6.07) is 15.2. The van der Waals surface area contributed by atoms with E-state index in [-0.39, 0.29) is 17.7 Å². The van der Waals surface area contributed by atoms with Crippen LogP contribution in [0.1, 0.15) is 28.4 Å². The van der Waals surface area contributed by atoms with E-state index in [9.17, 15) is 19.2 Å². The molecule has 0 aromatic heterocycles. The van der Waals surface area contributed by atoms with E-state index in [1.807, 2.05) is 0 Å². The molecule has 4 amide bonds. The minimum Gasteiger partial charge on any atom is -0.490 e. The molecule has 38 heavy (non-hydrogen) atoms. The van der Waals surface area contributed by atoms with Gasteiger partial charge in [-0.15, -0.1) is 0 Å². The van der Waals surface area contributed by atoms with Crippen LogP contribution in [-0.2, 0) is 16.2 Å². The molecule has 194 valence electrons. The van der Waals surface area contributed by atoms with Crippen molar-refractivity contribution in [1.29, 1.82) is 0 Å². The lowest BCUT2D eigenvalue weighted by Gasteiger charge is -2.26. The molecular weight excluding hydrogens is 624 g/mol. The van der Waals surface area contributed by atoms with E-state index in [1.54, 1.807) is 55.5 Å². The second kappa shape index (κ2) is 11.6. The number of hydrogen-bond acceptors (Lipinski definition) is 6. The highest BCUT2D eigenvalue weighted by atomic mass is 79.9. The molecule has 0 saturated carbocycles. The molecule has 0 spiro atoms. The number of aromatic carboxylic acids is 1. The van der Waals surface area contributed by atoms with Crippen molar-refractivity contribution in [1.82, 2.24) is 5.32 Å². The number of nitrogens with zero attached hydrogens (tertiary/aromatic N) is 1. The van der Waals surface area contributed by atoms with Crippen molar-refractivity contribution in [3.63, 3.8) is 0 Å². The van der Waals surface area contributed by atoms with Gasteiger partial charge in [-0.05, 0) is 88.6 Å². The zero-order chi connectivity index (χ0) is 27.4. The van der Waals surface area contributed by atoms with E-state index < -0.39 is 23.8 Å². The number of anilines is 1. The third kappa shape index (κ3) is 5.95. The molecule has 0 atom stereocenters. The molecule has 4 rings (SSSR count). The Bertz CT molecular complexity index is 1450. The highest BCUT2D eigenvalue weighted by molar-refractivity contribution is 9.10. The number of amides is 4. The number of ether oxygens (including phenoxy) is 2. The maximum Gasteiger partial charge on any atom is 0.335 e. The number of rotatable bonds is 8. The number of carboxylic acids is 1. The third-order valence-electron chi connectivity index (χ3n) is 5.41. The van der Waals surface area contributed by atoms with Crippen molar-refractivity contribution in [2.75, 3.05) is 11.5 Å². The number of barbiturate groups is 1. The van der Waals surface area contributed by atoms with Crippen LogP contribution < -0.4 is 19.7 Å². The summed E-state index contributed by atoms with van der Waals surface area (Å²) in [4.78, 5) is 50.2. The van der Waals surface area contributed by atoms with Gasteiger partial charge in [0, 0.05) is 4.47 Å². The molecule has 2 N–H and O–H groups in total. The van der Waals surface area contributed by atoms with Gasteiger partial charge < -0.3 is 14.6 Å². The first kappa shape index (κ1) is 27.1. The molecule has 11 heteroatoms. The number of urea groups is 1. The smallest absolute Gasteiger partial charge is 0.335 e. The Morgan fingerprint density at radius 1 is 1.00 bits per heavy atom. The number of benzene rings is 3. The molecule has 0 unspecified atom stereocenters. The van der Waals surface area contributed by atoms with Crippen LogP contribution in [-0.4, -0.2) is 35.5 Å². The molecule has 0 aliphatic carbocycles. The van der Waals surface area contributed by atoms with Crippen LogP contribution in [0.5, 0.6) is 11.5 Å². The standard InChI is InChI=1S/C27H20Br2N2O7/c1-2-37-22-13-16(12-21(29)23(22)38-14-15-3-5-17(6-4-15)26(34)35)11-20-24(32)30-27(36)31(25(20)33)19-9-7-18(28)8-10-19/h3-13H,2,14H2,1H3,(H,34,35)(H,30,32,36)/b20-11+. The molecule has 3 aromatic rings. The first-order valence-corrected chi connectivity index (χ1v) is 12.8. The minimum absolute atomic E-state index is 0.143. The van der Waals surface area contributed by atoms with Crippen LogP contribution in [0.3, 0.4) is 0 Å². The van der Waals surface area contributed by atoms with Gasteiger partial charge in [-0.3, -0.25) is 14.9 Å². The summed E-state index contributed by atoms with van der Waals surface area (Å²) >= 11 is 6.78. The zero-order valence-electron chi connectivity index (χ0n) is 19.9. The Labute approximate surface area is 234 Å². The fourth-order valence-corrected chi connectivity index (χ4v) is 4.46. The number of halogens is 2. The summed E-state index contributed by atoms with van der Waals surface area (Å²) in [5.41, 5.74) is 1.46. The quantitative estimate of drug-likeness (QED) is 0.244. The van der Waals surface area contributed by atoms with E-state index in [2.05, 4.69) is 37.2 Å². The predicted molar refractivity (Wildman–Crippen MR) is 146 cm³/mol. The second-order valence-electron chi connectivity index (χ2n) is 7.99. The second-order valence-corrected chi connectivity index (χ2v) is 9.76. The van der Waals surface area contributed by atoms with Crippen molar-refractivity contribution < 1.29 is 33.8 Å². The predicted octanol–water partition coefficient (Wildman–Crippen LogP) is 5.55. The number of carbonyl (C=O) groups excluding carboxylic acids is 3. The molecule has 1 fully saturated rings. The lowest BCUT2D eigenvalue weighted by Crippen LogP contribution is -2.54. The van der Waals surface area contributed by atoms with Gasteiger partial charge in [0.2, 0.25) is 0 Å². The van der Waals surface area contributed by atoms with Gasteiger partial charge in [-0.2, -0.15) is 0 Å². The Morgan fingerprint density at radius 3 is 2.32 bits per heavy atom. The molecule has 1 aliphatic rings. The first-order valence-electron chi connectivity index (χ1n) is 11.3. The normalized spacial score (nSPS) is 14.4. The van der Waals surface area contributed by atoms with Crippen LogP contribution in [0, 0.1) is 0 Å². The number of nitrogens with one attached hydrogen (secondary N) is 1. The average molecular weight is 644 g/mol. The molecule has 1 heterocycles. The largest absolute Gasteiger partial charge is 0.490 e. The topological polar surface area (TPSA) is 122 Å². The molecule has 1 saturated heterocycles. The summed E-state index contributed by atoms with van der Waals surface area (Å²) in [5, 5.41) is 11.3. The first-order chi connectivity index (χ1) is 18.2. The summed E-state index contributed by atoms with van der Waals surface area (Å²) in [6.07, 6.45) is 1.37. The van der Waals surface area contributed by atoms with Crippen LogP contribution in [0.2, 0.25) is 0 Å². The summed E-state index contributed by atoms with van der Waals surface area (Å²) in [7, 11) is 0. The summed E-state index contributed by atoms with van der Waals surface area (Å²) in [5.74, 6) is -1.84. The SMILES string of the molecule is CCOc1cc(/C=C2\C(=O)NC(=O)N(c3ccc(Br)cc3)C2=O)cc(Br)c1OCc1ccc(C(=O)O)cc1. The number of hydrogen-bond donors (Lipinski definition) is 2. The molecule has 9 nitrogen and oxygen atoms in total. The highest BCUT2D eigenvalue weighted by Gasteiger charge is 2.36.